The van der Waals surface area contributed by atoms with E-state index in [0.717, 1.165) is 32.1 Å². The molecule has 4 saturated carbocycles. The lowest BCUT2D eigenvalue weighted by Gasteiger charge is -2.58. The zero-order valence-corrected chi connectivity index (χ0v) is 19.5. The zero-order chi connectivity index (χ0) is 23.3. The van der Waals surface area contributed by atoms with Gasteiger partial charge in [-0.3, -0.25) is 9.59 Å². The van der Waals surface area contributed by atoms with Crippen molar-refractivity contribution in [3.8, 4) is 5.88 Å². The summed E-state index contributed by atoms with van der Waals surface area (Å²) in [6.45, 7) is 7.94. The second kappa shape index (κ2) is 8.21. The third-order valence-electron chi connectivity index (χ3n) is 7.35. The van der Waals surface area contributed by atoms with E-state index in [4.69, 9.17) is 10.5 Å². The summed E-state index contributed by atoms with van der Waals surface area (Å²) in [5.74, 6) is 1.19. The van der Waals surface area contributed by atoms with Gasteiger partial charge in [-0.15, -0.1) is 0 Å². The van der Waals surface area contributed by atoms with Gasteiger partial charge in [-0.05, 0) is 69.6 Å². The lowest BCUT2D eigenvalue weighted by Crippen LogP contribution is -2.61. The average molecular weight is 445 g/mol. The quantitative estimate of drug-likeness (QED) is 0.569. The molecule has 0 spiro atoms. The highest BCUT2D eigenvalue weighted by atomic mass is 16.5. The molecule has 176 valence electrons. The molecule has 32 heavy (non-hydrogen) atoms. The number of aliphatic hydroxyl groups is 1. The molecule has 2 atom stereocenters. The molecular weight excluding hydrogens is 408 g/mol. The van der Waals surface area contributed by atoms with E-state index in [1.165, 1.54) is 10.9 Å². The van der Waals surface area contributed by atoms with Crippen LogP contribution in [0.1, 0.15) is 70.2 Å². The van der Waals surface area contributed by atoms with Gasteiger partial charge in [0.15, 0.2) is 0 Å². The van der Waals surface area contributed by atoms with E-state index in [0.29, 0.717) is 35.8 Å². The van der Waals surface area contributed by atoms with Crippen molar-refractivity contribution in [3.63, 3.8) is 0 Å². The number of carbonyl (C=O) groups excluding carboxylic acids is 2. The number of amides is 2. The molecule has 4 aliphatic carbocycles. The maximum Gasteiger partial charge on any atom is 0.258 e. The molecule has 2 unspecified atom stereocenters. The number of ether oxygens (including phenoxy) is 1. The van der Waals surface area contributed by atoms with Gasteiger partial charge in [0, 0.05) is 12.2 Å². The molecule has 8 nitrogen and oxygen atoms in total. The number of rotatable bonds is 8. The van der Waals surface area contributed by atoms with Crippen molar-refractivity contribution in [2.24, 2.45) is 34.8 Å². The maximum atomic E-state index is 13.3. The van der Waals surface area contributed by atoms with Gasteiger partial charge in [-0.2, -0.15) is 5.10 Å². The summed E-state index contributed by atoms with van der Waals surface area (Å²) in [6.07, 6.45) is 9.39. The molecule has 1 aromatic rings. The molecule has 8 heteroatoms. The topological polar surface area (TPSA) is 119 Å². The summed E-state index contributed by atoms with van der Waals surface area (Å²) in [6, 6.07) is 0.0740. The Kier molecular flexibility index (Phi) is 5.86. The normalized spacial score (nSPS) is 31.4. The molecular formula is C24H36N4O4. The summed E-state index contributed by atoms with van der Waals surface area (Å²) in [5, 5.41) is 18.4. The Bertz CT molecular complexity index is 903. The standard InChI is InChI=1S/C24H36N4O4/c1-14(2)13-32-21-18(12-26-28(21)6-5-23(3,4)22(25)30)20(29)27-19-16-7-15-8-17(19)11-24(31,9-15)10-16/h5-6,12,14-17,19,31H,7-11,13H2,1-4H3,(H2,25,30)(H,27,29)/b6-5+. The van der Waals surface area contributed by atoms with Crippen LogP contribution in [-0.4, -0.2) is 45.0 Å². The van der Waals surface area contributed by atoms with Crippen LogP contribution in [0.2, 0.25) is 0 Å². The van der Waals surface area contributed by atoms with Gasteiger partial charge >= 0.3 is 0 Å². The number of hydrogen-bond acceptors (Lipinski definition) is 5. The highest BCUT2D eigenvalue weighted by molar-refractivity contribution is 5.96. The minimum absolute atomic E-state index is 0.0740. The van der Waals surface area contributed by atoms with Crippen LogP contribution in [0.4, 0.5) is 0 Å². The first-order valence-electron chi connectivity index (χ1n) is 11.7. The van der Waals surface area contributed by atoms with Crippen molar-refractivity contribution < 1.29 is 19.4 Å². The molecule has 4 aliphatic rings. The van der Waals surface area contributed by atoms with E-state index in [2.05, 4.69) is 10.4 Å². The van der Waals surface area contributed by atoms with E-state index in [9.17, 15) is 14.7 Å². The average Bonchev–Trinajstić information content (AvgIpc) is 3.09. The fourth-order valence-corrected chi connectivity index (χ4v) is 5.79. The van der Waals surface area contributed by atoms with Crippen LogP contribution >= 0.6 is 0 Å². The third-order valence-corrected chi connectivity index (χ3v) is 7.35. The Balaban J connectivity index is 1.54. The SMILES string of the molecule is CC(C)COc1c(C(=O)NC2C3CC4CC2CC(O)(C4)C3)cnn1/C=C/C(C)(C)C(N)=O. The maximum absolute atomic E-state index is 13.3. The second-order valence-corrected chi connectivity index (χ2v) is 11.1. The molecule has 4 bridgehead atoms. The molecule has 1 aromatic heterocycles. The van der Waals surface area contributed by atoms with Crippen molar-refractivity contribution in [1.82, 2.24) is 15.1 Å². The zero-order valence-electron chi connectivity index (χ0n) is 19.5. The summed E-state index contributed by atoms with van der Waals surface area (Å²) < 4.78 is 7.46. The number of nitrogens with one attached hydrogen (secondary N) is 1. The van der Waals surface area contributed by atoms with E-state index < -0.39 is 16.9 Å². The number of nitrogens with two attached hydrogens (primary N) is 1. The van der Waals surface area contributed by atoms with E-state index in [1.54, 1.807) is 26.1 Å². The van der Waals surface area contributed by atoms with E-state index in [-0.39, 0.29) is 17.9 Å². The Hall–Kier alpha value is -2.35. The first kappa shape index (κ1) is 22.8. The lowest BCUT2D eigenvalue weighted by atomic mass is 9.52. The van der Waals surface area contributed by atoms with E-state index >= 15 is 0 Å². The monoisotopic (exact) mass is 444 g/mol. The highest BCUT2D eigenvalue weighted by Crippen LogP contribution is 2.55. The van der Waals surface area contributed by atoms with Crippen LogP contribution in [0.15, 0.2) is 12.3 Å². The van der Waals surface area contributed by atoms with E-state index in [1.807, 2.05) is 13.8 Å². The fourth-order valence-electron chi connectivity index (χ4n) is 5.79. The molecule has 0 radical (unpaired) electrons. The molecule has 5 rings (SSSR count). The van der Waals surface area contributed by atoms with Crippen LogP contribution in [0.25, 0.3) is 6.20 Å². The molecule has 0 aliphatic heterocycles. The third kappa shape index (κ3) is 4.42. The Morgan fingerprint density at radius 3 is 2.56 bits per heavy atom. The number of aromatic nitrogens is 2. The molecule has 4 N–H and O–H groups in total. The van der Waals surface area contributed by atoms with Gasteiger partial charge < -0.3 is 20.9 Å². The number of hydrogen-bond donors (Lipinski definition) is 3. The van der Waals surface area contributed by atoms with Crippen LogP contribution < -0.4 is 15.8 Å². The van der Waals surface area contributed by atoms with Crippen LogP contribution in [0.5, 0.6) is 5.88 Å². The van der Waals surface area contributed by atoms with Gasteiger partial charge in [0.05, 0.1) is 23.8 Å². The van der Waals surface area contributed by atoms with Crippen LogP contribution in [0, 0.1) is 29.1 Å². The van der Waals surface area contributed by atoms with Crippen LogP contribution in [0.3, 0.4) is 0 Å². The van der Waals surface area contributed by atoms with Gasteiger partial charge in [0.2, 0.25) is 11.8 Å². The van der Waals surface area contributed by atoms with Gasteiger partial charge in [0.1, 0.15) is 5.56 Å². The second-order valence-electron chi connectivity index (χ2n) is 11.1. The number of nitrogens with zero attached hydrogens (tertiary/aromatic N) is 2. The first-order valence-corrected chi connectivity index (χ1v) is 11.7. The number of carbonyl (C=O) groups is 2. The van der Waals surface area contributed by atoms with Gasteiger partial charge in [0.25, 0.3) is 5.91 Å². The number of primary amides is 1. The largest absolute Gasteiger partial charge is 0.477 e. The first-order chi connectivity index (χ1) is 15.0. The highest BCUT2D eigenvalue weighted by Gasteiger charge is 2.55. The minimum atomic E-state index is -0.857. The van der Waals surface area contributed by atoms with Crippen molar-refractivity contribution in [3.05, 3.63) is 17.8 Å². The minimum Gasteiger partial charge on any atom is -0.477 e. The van der Waals surface area contributed by atoms with Crippen molar-refractivity contribution in [2.75, 3.05) is 6.61 Å². The Labute approximate surface area is 189 Å². The summed E-state index contributed by atoms with van der Waals surface area (Å²) in [4.78, 5) is 24.9. The van der Waals surface area contributed by atoms with Crippen molar-refractivity contribution in [1.29, 1.82) is 0 Å². The van der Waals surface area contributed by atoms with Crippen LogP contribution in [-0.2, 0) is 4.79 Å². The molecule has 1 heterocycles. The summed E-state index contributed by atoms with van der Waals surface area (Å²) in [5.41, 5.74) is 4.44. The molecule has 2 amide bonds. The fraction of sp³-hybridized carbons (Fsp3) is 0.708. The van der Waals surface area contributed by atoms with Crippen molar-refractivity contribution >= 4 is 18.0 Å². The predicted octanol–water partition coefficient (Wildman–Crippen LogP) is 2.57. The smallest absolute Gasteiger partial charge is 0.258 e. The molecule has 0 saturated heterocycles. The lowest BCUT2D eigenvalue weighted by molar-refractivity contribution is -0.137. The molecule has 0 aromatic carbocycles. The Morgan fingerprint density at radius 2 is 2.00 bits per heavy atom. The molecule has 4 fully saturated rings. The van der Waals surface area contributed by atoms with Crippen molar-refractivity contribution in [2.45, 2.75) is 71.4 Å². The Morgan fingerprint density at radius 1 is 1.34 bits per heavy atom. The van der Waals surface area contributed by atoms with Gasteiger partial charge in [-0.1, -0.05) is 19.9 Å². The van der Waals surface area contributed by atoms with Gasteiger partial charge in [-0.25, -0.2) is 4.68 Å². The summed E-state index contributed by atoms with van der Waals surface area (Å²) in [7, 11) is 0. The predicted molar refractivity (Wildman–Crippen MR) is 121 cm³/mol. The summed E-state index contributed by atoms with van der Waals surface area (Å²) >= 11 is 0.